The molecule has 0 aliphatic heterocycles. The van der Waals surface area contributed by atoms with Crippen molar-refractivity contribution in [2.75, 3.05) is 7.05 Å². The van der Waals surface area contributed by atoms with E-state index in [1.54, 1.807) is 6.20 Å². The minimum Gasteiger partial charge on any atom is -0.317 e. The van der Waals surface area contributed by atoms with Gasteiger partial charge in [0.2, 0.25) is 0 Å². The lowest BCUT2D eigenvalue weighted by Gasteiger charge is -2.09. The van der Waals surface area contributed by atoms with Gasteiger partial charge in [0.05, 0.1) is 12.2 Å². The molecule has 14 heavy (non-hydrogen) atoms. The summed E-state index contributed by atoms with van der Waals surface area (Å²) in [6.07, 6.45) is 5.08. The normalized spacial score (nSPS) is 26.3. The second-order valence-electron chi connectivity index (χ2n) is 3.65. The van der Waals surface area contributed by atoms with E-state index < -0.39 is 0 Å². The highest BCUT2D eigenvalue weighted by atomic mass is 15.4. The van der Waals surface area contributed by atoms with Crippen LogP contribution in [0.15, 0.2) is 6.20 Å². The molecule has 0 amide bonds. The molecule has 0 spiro atoms. The number of hydrogen-bond acceptors (Lipinski definition) is 4. The van der Waals surface area contributed by atoms with Crippen molar-refractivity contribution in [1.29, 1.82) is 5.26 Å². The van der Waals surface area contributed by atoms with Crippen molar-refractivity contribution in [3.63, 3.8) is 0 Å². The topological polar surface area (TPSA) is 66.5 Å². The van der Waals surface area contributed by atoms with E-state index in [1.165, 1.54) is 6.42 Å². The Balaban J connectivity index is 2.06. The number of hydrogen-bond donors (Lipinski definition) is 1. The number of aromatic nitrogens is 3. The van der Waals surface area contributed by atoms with Crippen molar-refractivity contribution in [3.05, 3.63) is 11.9 Å². The molecule has 5 nitrogen and oxygen atoms in total. The van der Waals surface area contributed by atoms with Gasteiger partial charge in [0, 0.05) is 6.04 Å². The van der Waals surface area contributed by atoms with E-state index >= 15 is 0 Å². The van der Waals surface area contributed by atoms with Crippen molar-refractivity contribution in [2.24, 2.45) is 0 Å². The lowest BCUT2D eigenvalue weighted by atomic mass is 10.2. The van der Waals surface area contributed by atoms with Gasteiger partial charge in [-0.2, -0.15) is 5.26 Å². The molecule has 0 aromatic carbocycles. The van der Waals surface area contributed by atoms with Crippen molar-refractivity contribution in [1.82, 2.24) is 20.3 Å². The first-order valence-electron chi connectivity index (χ1n) is 4.82. The van der Waals surface area contributed by atoms with Crippen LogP contribution in [0.4, 0.5) is 0 Å². The first-order valence-corrected chi connectivity index (χ1v) is 4.82. The van der Waals surface area contributed by atoms with Crippen LogP contribution in [0.5, 0.6) is 0 Å². The maximum atomic E-state index is 8.61. The molecule has 1 aromatic rings. The van der Waals surface area contributed by atoms with Gasteiger partial charge in [-0.1, -0.05) is 5.21 Å². The number of nitrogens with zero attached hydrogens (tertiary/aromatic N) is 4. The van der Waals surface area contributed by atoms with Gasteiger partial charge in [-0.05, 0) is 26.3 Å². The molecule has 1 fully saturated rings. The predicted molar refractivity (Wildman–Crippen MR) is 50.5 cm³/mol. The van der Waals surface area contributed by atoms with E-state index in [4.69, 9.17) is 5.26 Å². The van der Waals surface area contributed by atoms with Crippen LogP contribution in [-0.2, 0) is 0 Å². The van der Waals surface area contributed by atoms with E-state index in [0.29, 0.717) is 17.8 Å². The van der Waals surface area contributed by atoms with Gasteiger partial charge < -0.3 is 5.32 Å². The van der Waals surface area contributed by atoms with E-state index in [-0.39, 0.29) is 0 Å². The first kappa shape index (κ1) is 9.16. The molecule has 74 valence electrons. The van der Waals surface area contributed by atoms with Crippen LogP contribution < -0.4 is 5.32 Å². The second kappa shape index (κ2) is 3.76. The van der Waals surface area contributed by atoms with E-state index in [1.807, 2.05) is 17.8 Å². The third-order valence-electron chi connectivity index (χ3n) is 2.81. The summed E-state index contributed by atoms with van der Waals surface area (Å²) < 4.78 is 1.82. The van der Waals surface area contributed by atoms with E-state index in [2.05, 4.69) is 15.6 Å². The Morgan fingerprint density at radius 2 is 2.50 bits per heavy atom. The lowest BCUT2D eigenvalue weighted by molar-refractivity contribution is 0.439. The number of nitrogens with one attached hydrogen (secondary N) is 1. The van der Waals surface area contributed by atoms with Crippen molar-refractivity contribution in [2.45, 2.75) is 31.3 Å². The van der Waals surface area contributed by atoms with Crippen LogP contribution in [0, 0.1) is 11.3 Å². The van der Waals surface area contributed by atoms with Gasteiger partial charge in [-0.25, -0.2) is 4.68 Å². The van der Waals surface area contributed by atoms with Gasteiger partial charge in [0.15, 0.2) is 5.69 Å². The summed E-state index contributed by atoms with van der Waals surface area (Å²) in [6, 6.07) is 2.97. The molecule has 1 saturated carbocycles. The Morgan fingerprint density at radius 1 is 1.64 bits per heavy atom. The monoisotopic (exact) mass is 191 g/mol. The van der Waals surface area contributed by atoms with Gasteiger partial charge in [0.25, 0.3) is 0 Å². The summed E-state index contributed by atoms with van der Waals surface area (Å²) in [5.74, 6) is 0. The zero-order valence-corrected chi connectivity index (χ0v) is 8.14. The summed E-state index contributed by atoms with van der Waals surface area (Å²) >= 11 is 0. The molecule has 1 N–H and O–H groups in total. The maximum absolute atomic E-state index is 8.61. The molecule has 1 aromatic heterocycles. The Kier molecular flexibility index (Phi) is 2.46. The van der Waals surface area contributed by atoms with E-state index in [0.717, 1.165) is 12.8 Å². The minimum absolute atomic E-state index is 0.401. The molecule has 0 saturated heterocycles. The molecule has 1 heterocycles. The molecular weight excluding hydrogens is 178 g/mol. The fourth-order valence-electron chi connectivity index (χ4n) is 1.97. The highest BCUT2D eigenvalue weighted by Gasteiger charge is 2.25. The van der Waals surface area contributed by atoms with Crippen molar-refractivity contribution >= 4 is 0 Å². The average Bonchev–Trinajstić information content (AvgIpc) is 2.86. The SMILES string of the molecule is CNC1CCC(n2cc(C#N)nn2)C1. The molecule has 2 atom stereocenters. The molecule has 2 rings (SSSR count). The zero-order chi connectivity index (χ0) is 9.97. The Labute approximate surface area is 82.7 Å². The fraction of sp³-hybridized carbons (Fsp3) is 0.667. The molecule has 1 aliphatic carbocycles. The fourth-order valence-corrected chi connectivity index (χ4v) is 1.97. The number of nitriles is 1. The second-order valence-corrected chi connectivity index (χ2v) is 3.65. The van der Waals surface area contributed by atoms with Crippen LogP contribution in [0.2, 0.25) is 0 Å². The smallest absolute Gasteiger partial charge is 0.182 e. The predicted octanol–water partition coefficient (Wildman–Crippen LogP) is 0.463. The third-order valence-corrected chi connectivity index (χ3v) is 2.81. The molecule has 5 heteroatoms. The maximum Gasteiger partial charge on any atom is 0.182 e. The molecular formula is C9H13N5. The van der Waals surface area contributed by atoms with Crippen LogP contribution in [0.3, 0.4) is 0 Å². The lowest BCUT2D eigenvalue weighted by Crippen LogP contribution is -2.21. The Hall–Kier alpha value is -1.41. The van der Waals surface area contributed by atoms with Gasteiger partial charge in [0.1, 0.15) is 6.07 Å². The minimum atomic E-state index is 0.401. The highest BCUT2D eigenvalue weighted by molar-refractivity contribution is 5.13. The van der Waals surface area contributed by atoms with Crippen LogP contribution in [0.1, 0.15) is 31.0 Å². The van der Waals surface area contributed by atoms with Crippen LogP contribution in [0.25, 0.3) is 0 Å². The van der Waals surface area contributed by atoms with E-state index in [9.17, 15) is 0 Å². The van der Waals surface area contributed by atoms with Crippen LogP contribution in [-0.4, -0.2) is 28.1 Å². The Morgan fingerprint density at radius 3 is 3.07 bits per heavy atom. The van der Waals surface area contributed by atoms with Gasteiger partial charge in [-0.3, -0.25) is 0 Å². The molecule has 1 aliphatic rings. The summed E-state index contributed by atoms with van der Waals surface area (Å²) in [5.41, 5.74) is 0.401. The van der Waals surface area contributed by atoms with Crippen molar-refractivity contribution < 1.29 is 0 Å². The summed E-state index contributed by atoms with van der Waals surface area (Å²) in [6.45, 7) is 0. The summed E-state index contributed by atoms with van der Waals surface area (Å²) in [7, 11) is 1.98. The highest BCUT2D eigenvalue weighted by Crippen LogP contribution is 2.28. The largest absolute Gasteiger partial charge is 0.317 e. The van der Waals surface area contributed by atoms with Crippen molar-refractivity contribution in [3.8, 4) is 6.07 Å². The van der Waals surface area contributed by atoms with Gasteiger partial charge >= 0.3 is 0 Å². The third kappa shape index (κ3) is 1.61. The van der Waals surface area contributed by atoms with Crippen LogP contribution >= 0.6 is 0 Å². The molecule has 0 bridgehead atoms. The average molecular weight is 191 g/mol. The summed E-state index contributed by atoms with van der Waals surface area (Å²) in [5, 5.41) is 19.6. The molecule has 0 radical (unpaired) electrons. The standard InChI is InChI=1S/C9H13N5/c1-11-7-2-3-9(4-7)14-6-8(5-10)12-13-14/h6-7,9,11H,2-4H2,1H3. The first-order chi connectivity index (χ1) is 6.83. The number of rotatable bonds is 2. The zero-order valence-electron chi connectivity index (χ0n) is 8.14. The van der Waals surface area contributed by atoms with Gasteiger partial charge in [-0.15, -0.1) is 5.10 Å². The summed E-state index contributed by atoms with van der Waals surface area (Å²) in [4.78, 5) is 0. The Bertz CT molecular complexity index is 350. The quantitative estimate of drug-likeness (QED) is 0.737. The molecule has 2 unspecified atom stereocenters.